The predicted molar refractivity (Wildman–Crippen MR) is 81.1 cm³/mol. The van der Waals surface area contributed by atoms with Crippen LogP contribution in [0.25, 0.3) is 0 Å². The van der Waals surface area contributed by atoms with Crippen LogP contribution < -0.4 is 10.1 Å². The predicted octanol–water partition coefficient (Wildman–Crippen LogP) is 4.04. The number of nitrogens with one attached hydrogen (secondary N) is 1. The van der Waals surface area contributed by atoms with Crippen LogP contribution >= 0.6 is 11.6 Å². The van der Waals surface area contributed by atoms with Gasteiger partial charge in [0.1, 0.15) is 5.75 Å². The van der Waals surface area contributed by atoms with Gasteiger partial charge in [0.05, 0.1) is 0 Å². The molecule has 0 aliphatic carbocycles. The van der Waals surface area contributed by atoms with Crippen LogP contribution in [0.15, 0.2) is 61.2 Å². The molecule has 1 N–H and O–H groups in total. The monoisotopic (exact) mass is 287 g/mol. The number of anilines is 1. The smallest absolute Gasteiger partial charge is 0.335 e. The molecule has 102 valence electrons. The van der Waals surface area contributed by atoms with Crippen molar-refractivity contribution in [2.45, 2.75) is 6.54 Å². The van der Waals surface area contributed by atoms with E-state index in [0.29, 0.717) is 17.3 Å². The molecule has 0 bridgehead atoms. The summed E-state index contributed by atoms with van der Waals surface area (Å²) in [6.45, 7) is 3.91. The molecule has 20 heavy (non-hydrogen) atoms. The molecule has 3 nitrogen and oxygen atoms in total. The number of halogens is 1. The number of carbonyl (C=O) groups is 1. The van der Waals surface area contributed by atoms with Crippen molar-refractivity contribution in [2.24, 2.45) is 0 Å². The van der Waals surface area contributed by atoms with Gasteiger partial charge in [-0.2, -0.15) is 0 Å². The maximum Gasteiger partial charge on any atom is 0.335 e. The number of esters is 1. The summed E-state index contributed by atoms with van der Waals surface area (Å²) >= 11 is 5.93. The van der Waals surface area contributed by atoms with E-state index < -0.39 is 5.97 Å². The number of benzene rings is 2. The quantitative estimate of drug-likeness (QED) is 0.512. The number of rotatable bonds is 5. The average molecular weight is 288 g/mol. The van der Waals surface area contributed by atoms with E-state index in [0.717, 1.165) is 17.3 Å². The fraction of sp³-hybridized carbons (Fsp3) is 0.0625. The number of ether oxygens (including phenoxy) is 1. The van der Waals surface area contributed by atoms with Gasteiger partial charge in [0.2, 0.25) is 0 Å². The standard InChI is InChI=1S/C16H14ClNO2/c1-2-16(19)20-15-9-4-3-6-12(15)11-18-14-8-5-7-13(17)10-14/h2-10,18H,1,11H2. The Labute approximate surface area is 122 Å². The minimum absolute atomic E-state index is 0.472. The lowest BCUT2D eigenvalue weighted by atomic mass is 10.2. The highest BCUT2D eigenvalue weighted by Gasteiger charge is 2.06. The van der Waals surface area contributed by atoms with Crippen LogP contribution in [0, 0.1) is 0 Å². The van der Waals surface area contributed by atoms with Crippen molar-refractivity contribution in [3.8, 4) is 5.75 Å². The summed E-state index contributed by atoms with van der Waals surface area (Å²) in [7, 11) is 0. The Morgan fingerprint density at radius 3 is 2.80 bits per heavy atom. The summed E-state index contributed by atoms with van der Waals surface area (Å²) in [4.78, 5) is 11.3. The van der Waals surface area contributed by atoms with Gasteiger partial charge in [0, 0.05) is 28.9 Å². The molecule has 4 heteroatoms. The van der Waals surface area contributed by atoms with Crippen LogP contribution in [0.2, 0.25) is 5.02 Å². The minimum atomic E-state index is -0.472. The molecule has 0 fully saturated rings. The fourth-order valence-corrected chi connectivity index (χ4v) is 1.89. The van der Waals surface area contributed by atoms with Crippen molar-refractivity contribution < 1.29 is 9.53 Å². The Morgan fingerprint density at radius 1 is 1.25 bits per heavy atom. The minimum Gasteiger partial charge on any atom is -0.423 e. The molecule has 2 rings (SSSR count). The van der Waals surface area contributed by atoms with Crippen LogP contribution in [0.5, 0.6) is 5.75 Å². The second-order valence-corrected chi connectivity index (χ2v) is 4.53. The lowest BCUT2D eigenvalue weighted by Gasteiger charge is -2.11. The number of hydrogen-bond acceptors (Lipinski definition) is 3. The van der Waals surface area contributed by atoms with Gasteiger partial charge in [-0.25, -0.2) is 4.79 Å². The lowest BCUT2D eigenvalue weighted by molar-refractivity contribution is -0.129. The summed E-state index contributed by atoms with van der Waals surface area (Å²) in [5.74, 6) is 0.0483. The number of carbonyl (C=O) groups excluding carboxylic acids is 1. The first-order chi connectivity index (χ1) is 9.69. The number of hydrogen-bond donors (Lipinski definition) is 1. The molecule has 0 atom stereocenters. The Morgan fingerprint density at radius 2 is 2.05 bits per heavy atom. The molecule has 0 aliphatic heterocycles. The van der Waals surface area contributed by atoms with Crippen LogP contribution in [-0.2, 0) is 11.3 Å². The molecule has 0 heterocycles. The molecule has 0 amide bonds. The summed E-state index contributed by atoms with van der Waals surface area (Å²) in [5.41, 5.74) is 1.78. The molecule has 0 saturated heterocycles. The van der Waals surface area contributed by atoms with E-state index in [1.165, 1.54) is 0 Å². The van der Waals surface area contributed by atoms with E-state index in [1.807, 2.05) is 42.5 Å². The normalized spacial score (nSPS) is 9.85. The summed E-state index contributed by atoms with van der Waals surface area (Å²) < 4.78 is 5.18. The van der Waals surface area contributed by atoms with Gasteiger partial charge in [-0.05, 0) is 24.3 Å². The molecule has 0 radical (unpaired) electrons. The van der Waals surface area contributed by atoms with Gasteiger partial charge >= 0.3 is 5.97 Å². The summed E-state index contributed by atoms with van der Waals surface area (Å²) in [6.07, 6.45) is 1.14. The van der Waals surface area contributed by atoms with E-state index >= 15 is 0 Å². The van der Waals surface area contributed by atoms with Gasteiger partial charge in [-0.1, -0.05) is 42.4 Å². The van der Waals surface area contributed by atoms with E-state index in [9.17, 15) is 4.79 Å². The highest BCUT2D eigenvalue weighted by molar-refractivity contribution is 6.30. The Kier molecular flexibility index (Phi) is 4.80. The lowest BCUT2D eigenvalue weighted by Crippen LogP contribution is -2.07. The zero-order valence-corrected chi connectivity index (χ0v) is 11.6. The SMILES string of the molecule is C=CC(=O)Oc1ccccc1CNc1cccc(Cl)c1. The zero-order valence-electron chi connectivity index (χ0n) is 10.8. The van der Waals surface area contributed by atoms with Crippen LogP contribution in [0.1, 0.15) is 5.56 Å². The first-order valence-electron chi connectivity index (χ1n) is 6.10. The molecule has 2 aromatic carbocycles. The van der Waals surface area contributed by atoms with Crippen LogP contribution in [-0.4, -0.2) is 5.97 Å². The van der Waals surface area contributed by atoms with Gasteiger partial charge in [0.25, 0.3) is 0 Å². The van der Waals surface area contributed by atoms with Crippen molar-refractivity contribution in [1.82, 2.24) is 0 Å². The molecule has 2 aromatic rings. The van der Waals surface area contributed by atoms with Crippen LogP contribution in [0.4, 0.5) is 5.69 Å². The Balaban J connectivity index is 2.09. The van der Waals surface area contributed by atoms with Crippen molar-refractivity contribution >= 4 is 23.3 Å². The van der Waals surface area contributed by atoms with Crippen molar-refractivity contribution in [1.29, 1.82) is 0 Å². The third-order valence-electron chi connectivity index (χ3n) is 2.66. The van der Waals surface area contributed by atoms with E-state index in [2.05, 4.69) is 11.9 Å². The van der Waals surface area contributed by atoms with Gasteiger partial charge in [-0.3, -0.25) is 0 Å². The Bertz CT molecular complexity index is 625. The van der Waals surface area contributed by atoms with Crippen molar-refractivity contribution in [2.75, 3.05) is 5.32 Å². The second kappa shape index (κ2) is 6.78. The molecule has 0 aliphatic rings. The van der Waals surface area contributed by atoms with Crippen molar-refractivity contribution in [3.05, 3.63) is 71.8 Å². The maximum absolute atomic E-state index is 11.3. The highest BCUT2D eigenvalue weighted by atomic mass is 35.5. The van der Waals surface area contributed by atoms with Gasteiger partial charge in [0.15, 0.2) is 0 Å². The Hall–Kier alpha value is -2.26. The highest BCUT2D eigenvalue weighted by Crippen LogP contribution is 2.21. The second-order valence-electron chi connectivity index (χ2n) is 4.10. The maximum atomic E-state index is 11.3. The first-order valence-corrected chi connectivity index (χ1v) is 6.48. The average Bonchev–Trinajstić information content (AvgIpc) is 2.46. The molecular weight excluding hydrogens is 274 g/mol. The molecule has 0 spiro atoms. The first kappa shape index (κ1) is 14.2. The van der Waals surface area contributed by atoms with Crippen LogP contribution in [0.3, 0.4) is 0 Å². The summed E-state index contributed by atoms with van der Waals surface area (Å²) in [5, 5.41) is 3.90. The molecule has 0 saturated carbocycles. The topological polar surface area (TPSA) is 38.3 Å². The van der Waals surface area contributed by atoms with Gasteiger partial charge < -0.3 is 10.1 Å². The largest absolute Gasteiger partial charge is 0.423 e. The summed E-state index contributed by atoms with van der Waals surface area (Å²) in [6, 6.07) is 14.8. The van der Waals surface area contributed by atoms with Crippen molar-refractivity contribution in [3.63, 3.8) is 0 Å². The fourth-order valence-electron chi connectivity index (χ4n) is 1.70. The van der Waals surface area contributed by atoms with E-state index in [-0.39, 0.29) is 0 Å². The number of para-hydroxylation sites is 1. The third-order valence-corrected chi connectivity index (χ3v) is 2.89. The van der Waals surface area contributed by atoms with Gasteiger partial charge in [-0.15, -0.1) is 0 Å². The zero-order chi connectivity index (χ0) is 14.4. The molecule has 0 unspecified atom stereocenters. The molecular formula is C16H14ClNO2. The van der Waals surface area contributed by atoms with E-state index in [4.69, 9.17) is 16.3 Å². The molecule has 0 aromatic heterocycles. The van der Waals surface area contributed by atoms with E-state index in [1.54, 1.807) is 6.07 Å². The third kappa shape index (κ3) is 3.87.